The van der Waals surface area contributed by atoms with Crippen LogP contribution in [0.2, 0.25) is 18.1 Å². The Morgan fingerprint density at radius 1 is 1.10 bits per heavy atom. The topological polar surface area (TPSA) is 60.0 Å². The molecule has 0 saturated carbocycles. The third kappa shape index (κ3) is 8.40. The molecule has 2 heterocycles. The highest BCUT2D eigenvalue weighted by Gasteiger charge is 2.32. The van der Waals surface area contributed by atoms with Crippen LogP contribution < -0.4 is 5.32 Å². The summed E-state index contributed by atoms with van der Waals surface area (Å²) in [7, 11) is -1.72. The molecule has 2 unspecified atom stereocenters. The first-order chi connectivity index (χ1) is 14.1. The minimum Gasteiger partial charge on any atom is -0.442 e. The zero-order valence-electron chi connectivity index (χ0n) is 18.8. The van der Waals surface area contributed by atoms with Crippen LogP contribution in [0.1, 0.15) is 59.3 Å². The van der Waals surface area contributed by atoms with E-state index < -0.39 is 8.32 Å². The number of rotatable bonds is 6. The lowest BCUT2D eigenvalue weighted by atomic mass is 10.1. The molecule has 2 aliphatic rings. The van der Waals surface area contributed by atoms with Crippen molar-refractivity contribution in [3.8, 4) is 0 Å². The molecular weight excluding hydrogens is 384 g/mol. The van der Waals surface area contributed by atoms with Gasteiger partial charge in [-0.3, -0.25) is 0 Å². The van der Waals surface area contributed by atoms with Gasteiger partial charge < -0.3 is 24.1 Å². The first kappa shape index (κ1) is 24.4. The van der Waals surface area contributed by atoms with E-state index >= 15 is 0 Å². The quantitative estimate of drug-likeness (QED) is 0.494. The number of nitrogens with zero attached hydrogens (tertiary/aromatic N) is 1. The van der Waals surface area contributed by atoms with Crippen molar-refractivity contribution in [2.24, 2.45) is 0 Å². The molecule has 0 aromatic rings. The third-order valence-electron chi connectivity index (χ3n) is 6.31. The van der Waals surface area contributed by atoms with Gasteiger partial charge >= 0.3 is 6.09 Å². The van der Waals surface area contributed by atoms with E-state index in [9.17, 15) is 4.79 Å². The van der Waals surface area contributed by atoms with Crippen molar-refractivity contribution in [2.45, 2.75) is 89.8 Å². The van der Waals surface area contributed by atoms with Gasteiger partial charge in [-0.05, 0) is 43.5 Å². The van der Waals surface area contributed by atoms with Crippen molar-refractivity contribution in [1.29, 1.82) is 0 Å². The van der Waals surface area contributed by atoms with Crippen LogP contribution in [-0.4, -0.2) is 64.5 Å². The van der Waals surface area contributed by atoms with Gasteiger partial charge in [-0.2, -0.15) is 0 Å². The second-order valence-corrected chi connectivity index (χ2v) is 12.9. The van der Waals surface area contributed by atoms with Crippen molar-refractivity contribution in [3.63, 3.8) is 0 Å². The predicted octanol–water partition coefficient (Wildman–Crippen LogP) is 4.67. The number of hydrogen-bond donors (Lipinski definition) is 1. The molecular formula is C22H42N2O4Si. The van der Waals surface area contributed by atoms with Crippen LogP contribution in [0, 0.1) is 0 Å². The summed E-state index contributed by atoms with van der Waals surface area (Å²) in [4.78, 5) is 14.3. The maximum absolute atomic E-state index is 12.5. The molecule has 0 bridgehead atoms. The van der Waals surface area contributed by atoms with Gasteiger partial charge in [0.15, 0.2) is 14.6 Å². The Balaban J connectivity index is 1.98. The SMILES string of the molecule is CC[Si](CC)(CC)OC1CC=CC(OC(=O)N2CCNCC2)CCCCCCO1. The van der Waals surface area contributed by atoms with E-state index in [-0.39, 0.29) is 18.5 Å². The molecule has 7 heteroatoms. The maximum Gasteiger partial charge on any atom is 0.410 e. The summed E-state index contributed by atoms with van der Waals surface area (Å²) in [6, 6.07) is 3.36. The fourth-order valence-electron chi connectivity index (χ4n) is 4.03. The molecule has 6 nitrogen and oxygen atoms in total. The van der Waals surface area contributed by atoms with E-state index in [1.54, 1.807) is 4.90 Å². The van der Waals surface area contributed by atoms with E-state index in [1.165, 1.54) is 0 Å². The average molecular weight is 427 g/mol. The van der Waals surface area contributed by atoms with Crippen LogP contribution in [0.25, 0.3) is 0 Å². The Labute approximate surface area is 178 Å². The van der Waals surface area contributed by atoms with Crippen molar-refractivity contribution < 1.29 is 18.7 Å². The molecule has 2 atom stereocenters. The van der Waals surface area contributed by atoms with Crippen LogP contribution in [-0.2, 0) is 13.9 Å². The zero-order chi connectivity index (χ0) is 21.0. The maximum atomic E-state index is 12.5. The summed E-state index contributed by atoms with van der Waals surface area (Å²) >= 11 is 0. The fourth-order valence-corrected chi connectivity index (χ4v) is 6.75. The number of amides is 1. The summed E-state index contributed by atoms with van der Waals surface area (Å²) < 4.78 is 18.5. The highest BCUT2D eigenvalue weighted by molar-refractivity contribution is 6.73. The Bertz CT molecular complexity index is 485. The number of carbonyl (C=O) groups excluding carboxylic acids is 1. The summed E-state index contributed by atoms with van der Waals surface area (Å²) in [6.45, 7) is 10.6. The first-order valence-electron chi connectivity index (χ1n) is 11.7. The van der Waals surface area contributed by atoms with Crippen LogP contribution in [0.5, 0.6) is 0 Å². The van der Waals surface area contributed by atoms with E-state index in [1.807, 2.05) is 0 Å². The highest BCUT2D eigenvalue weighted by Crippen LogP contribution is 2.25. The minimum absolute atomic E-state index is 0.164. The lowest BCUT2D eigenvalue weighted by Gasteiger charge is -2.33. The standard InChI is InChI=1S/C22H42N2O4Si/c1-4-29(5-2,6-3)28-21-14-11-13-20(12-9-7-8-10-19-26-21)27-22(25)24-17-15-23-16-18-24/h11,13,20-21,23H,4-10,12,14-19H2,1-3H3. The van der Waals surface area contributed by atoms with Gasteiger partial charge in [0.1, 0.15) is 6.10 Å². The van der Waals surface area contributed by atoms with E-state index in [2.05, 4.69) is 38.2 Å². The lowest BCUT2D eigenvalue weighted by Crippen LogP contribution is -2.47. The molecule has 29 heavy (non-hydrogen) atoms. The fraction of sp³-hybridized carbons (Fsp3) is 0.864. The number of piperazine rings is 1. The van der Waals surface area contributed by atoms with E-state index in [4.69, 9.17) is 13.9 Å². The Morgan fingerprint density at radius 2 is 1.79 bits per heavy atom. The van der Waals surface area contributed by atoms with Gasteiger partial charge in [0, 0.05) is 39.2 Å². The second-order valence-electron chi connectivity index (χ2n) is 8.19. The normalized spacial score (nSPS) is 25.1. The molecule has 1 amide bonds. The van der Waals surface area contributed by atoms with Gasteiger partial charge in [0.25, 0.3) is 0 Å². The van der Waals surface area contributed by atoms with Gasteiger partial charge in [-0.1, -0.05) is 39.7 Å². The van der Waals surface area contributed by atoms with Crippen molar-refractivity contribution in [1.82, 2.24) is 10.2 Å². The average Bonchev–Trinajstić information content (AvgIpc) is 2.75. The zero-order valence-corrected chi connectivity index (χ0v) is 19.8. The summed E-state index contributed by atoms with van der Waals surface area (Å²) in [5.41, 5.74) is 0. The van der Waals surface area contributed by atoms with Crippen molar-refractivity contribution in [3.05, 3.63) is 12.2 Å². The molecule has 0 aromatic heterocycles. The Morgan fingerprint density at radius 3 is 2.48 bits per heavy atom. The lowest BCUT2D eigenvalue weighted by molar-refractivity contribution is -0.0858. The van der Waals surface area contributed by atoms with Gasteiger partial charge in [-0.15, -0.1) is 0 Å². The van der Waals surface area contributed by atoms with Crippen molar-refractivity contribution in [2.75, 3.05) is 32.8 Å². The third-order valence-corrected chi connectivity index (χ3v) is 10.9. The first-order valence-corrected chi connectivity index (χ1v) is 14.3. The minimum atomic E-state index is -1.72. The smallest absolute Gasteiger partial charge is 0.410 e. The van der Waals surface area contributed by atoms with Crippen LogP contribution >= 0.6 is 0 Å². The number of ether oxygens (including phenoxy) is 2. The second kappa shape index (κ2) is 13.4. The van der Waals surface area contributed by atoms with Gasteiger partial charge in [0.05, 0.1) is 0 Å². The largest absolute Gasteiger partial charge is 0.442 e. The highest BCUT2D eigenvalue weighted by atomic mass is 28.4. The molecule has 0 aromatic carbocycles. The summed E-state index contributed by atoms with van der Waals surface area (Å²) in [5.74, 6) is 0. The molecule has 0 radical (unpaired) electrons. The molecule has 1 fully saturated rings. The number of nitrogens with one attached hydrogen (secondary N) is 1. The molecule has 168 valence electrons. The molecule has 0 spiro atoms. The van der Waals surface area contributed by atoms with Crippen LogP contribution in [0.15, 0.2) is 12.2 Å². The molecule has 1 N–H and O–H groups in total. The molecule has 2 aliphatic heterocycles. The van der Waals surface area contributed by atoms with Crippen LogP contribution in [0.3, 0.4) is 0 Å². The number of carbonyl (C=O) groups is 1. The van der Waals surface area contributed by atoms with Crippen LogP contribution in [0.4, 0.5) is 4.79 Å². The van der Waals surface area contributed by atoms with Crippen molar-refractivity contribution >= 4 is 14.4 Å². The summed E-state index contributed by atoms with van der Waals surface area (Å²) in [5, 5.41) is 3.27. The monoisotopic (exact) mass is 426 g/mol. The van der Waals surface area contributed by atoms with Gasteiger partial charge in [-0.25, -0.2) is 4.79 Å². The molecule has 2 rings (SSSR count). The van der Waals surface area contributed by atoms with Gasteiger partial charge in [0.2, 0.25) is 0 Å². The van der Waals surface area contributed by atoms with E-state index in [0.717, 1.165) is 89.4 Å². The molecule has 1 saturated heterocycles. The Hall–Kier alpha value is -0.893. The predicted molar refractivity (Wildman–Crippen MR) is 120 cm³/mol. The molecule has 0 aliphatic carbocycles. The van der Waals surface area contributed by atoms with E-state index in [0.29, 0.717) is 0 Å². The summed E-state index contributed by atoms with van der Waals surface area (Å²) in [6.07, 6.45) is 9.64. The number of hydrogen-bond acceptors (Lipinski definition) is 5. The Kier molecular flexibility index (Phi) is 11.3.